The van der Waals surface area contributed by atoms with E-state index in [0.717, 1.165) is 9.13 Å². The molecule has 2 rings (SSSR count). The maximum Gasteiger partial charge on any atom is 0.182 e. The van der Waals surface area contributed by atoms with E-state index >= 15 is 0 Å². The molecule has 90 valence electrons. The van der Waals surface area contributed by atoms with E-state index in [4.69, 9.17) is 19.7 Å². The molecule has 0 spiro atoms. The van der Waals surface area contributed by atoms with Crippen LogP contribution in [0.15, 0.2) is 22.7 Å². The Kier molecular flexibility index (Phi) is 3.41. The normalized spacial score (nSPS) is 10.3. The van der Waals surface area contributed by atoms with Crippen LogP contribution in [0.1, 0.15) is 0 Å². The molecular weight excluding hydrogens is 335 g/mol. The first-order valence-electron chi connectivity index (χ1n) is 4.80. The van der Waals surface area contributed by atoms with Gasteiger partial charge in [-0.3, -0.25) is 0 Å². The van der Waals surface area contributed by atoms with Crippen LogP contribution in [0.2, 0.25) is 0 Å². The van der Waals surface area contributed by atoms with Crippen molar-refractivity contribution < 1.29 is 14.0 Å². The van der Waals surface area contributed by atoms with Gasteiger partial charge < -0.3 is 19.7 Å². The second-order valence-corrected chi connectivity index (χ2v) is 4.36. The summed E-state index contributed by atoms with van der Waals surface area (Å²) in [4.78, 5) is 0. The topological polar surface area (TPSA) is 70.5 Å². The van der Waals surface area contributed by atoms with Gasteiger partial charge in [-0.15, -0.1) is 0 Å². The zero-order valence-corrected chi connectivity index (χ0v) is 11.5. The second-order valence-electron chi connectivity index (χ2n) is 3.28. The minimum atomic E-state index is 0.385. The number of ether oxygens (including phenoxy) is 2. The summed E-state index contributed by atoms with van der Waals surface area (Å²) in [6.45, 7) is 0. The Hall–Kier alpha value is -1.44. The van der Waals surface area contributed by atoms with Crippen LogP contribution in [-0.2, 0) is 0 Å². The molecule has 2 N–H and O–H groups in total. The lowest BCUT2D eigenvalue weighted by Crippen LogP contribution is -1.91. The van der Waals surface area contributed by atoms with Gasteiger partial charge in [0.25, 0.3) is 0 Å². The number of nitrogen functional groups attached to an aromatic ring is 1. The van der Waals surface area contributed by atoms with Crippen LogP contribution in [0.5, 0.6) is 11.5 Å². The first-order valence-corrected chi connectivity index (χ1v) is 5.88. The molecule has 0 bridgehead atoms. The van der Waals surface area contributed by atoms with Crippen molar-refractivity contribution in [1.82, 2.24) is 5.16 Å². The van der Waals surface area contributed by atoms with Gasteiger partial charge in [0.05, 0.1) is 14.2 Å². The molecule has 0 amide bonds. The van der Waals surface area contributed by atoms with E-state index in [0.29, 0.717) is 23.1 Å². The lowest BCUT2D eigenvalue weighted by atomic mass is 10.1. The van der Waals surface area contributed by atoms with E-state index < -0.39 is 0 Å². The Balaban J connectivity index is 2.50. The third-order valence-electron chi connectivity index (χ3n) is 2.31. The molecule has 0 fully saturated rings. The van der Waals surface area contributed by atoms with E-state index in [2.05, 4.69) is 27.7 Å². The molecule has 0 atom stereocenters. The van der Waals surface area contributed by atoms with Crippen molar-refractivity contribution in [3.05, 3.63) is 21.8 Å². The van der Waals surface area contributed by atoms with E-state index in [1.165, 1.54) is 0 Å². The summed E-state index contributed by atoms with van der Waals surface area (Å²) < 4.78 is 16.4. The number of aromatic nitrogens is 1. The summed E-state index contributed by atoms with van der Waals surface area (Å²) in [5, 5.41) is 3.71. The molecule has 2 aromatic rings. The fourth-order valence-electron chi connectivity index (χ4n) is 1.45. The highest BCUT2D eigenvalue weighted by Crippen LogP contribution is 2.35. The van der Waals surface area contributed by atoms with E-state index in [1.807, 2.05) is 18.2 Å². The molecule has 1 aromatic carbocycles. The van der Waals surface area contributed by atoms with Crippen LogP contribution in [0.25, 0.3) is 11.3 Å². The Morgan fingerprint density at radius 1 is 1.24 bits per heavy atom. The highest BCUT2D eigenvalue weighted by Gasteiger charge is 2.15. The molecule has 0 saturated heterocycles. The van der Waals surface area contributed by atoms with Crippen molar-refractivity contribution in [3.8, 4) is 22.8 Å². The first kappa shape index (κ1) is 12.0. The highest BCUT2D eigenvalue weighted by atomic mass is 127. The van der Waals surface area contributed by atoms with Crippen molar-refractivity contribution >= 4 is 28.4 Å². The van der Waals surface area contributed by atoms with Gasteiger partial charge in [-0.25, -0.2) is 0 Å². The zero-order valence-electron chi connectivity index (χ0n) is 9.36. The summed E-state index contributed by atoms with van der Waals surface area (Å²) in [7, 11) is 3.18. The molecule has 0 aliphatic rings. The Labute approximate surface area is 112 Å². The molecule has 0 aliphatic heterocycles. The molecule has 0 saturated carbocycles. The molecule has 0 radical (unpaired) electrons. The lowest BCUT2D eigenvalue weighted by Gasteiger charge is -2.08. The van der Waals surface area contributed by atoms with E-state index in [9.17, 15) is 0 Å². The van der Waals surface area contributed by atoms with Crippen molar-refractivity contribution in [2.75, 3.05) is 20.0 Å². The van der Waals surface area contributed by atoms with Crippen LogP contribution in [0, 0.1) is 3.57 Å². The maximum atomic E-state index is 5.64. The molecule has 1 heterocycles. The smallest absolute Gasteiger partial charge is 0.182 e. The van der Waals surface area contributed by atoms with Crippen molar-refractivity contribution in [1.29, 1.82) is 0 Å². The summed E-state index contributed by atoms with van der Waals surface area (Å²) in [5.74, 6) is 2.31. The summed E-state index contributed by atoms with van der Waals surface area (Å²) in [6.07, 6.45) is 0. The van der Waals surface area contributed by atoms with Gasteiger partial charge in [-0.2, -0.15) is 0 Å². The van der Waals surface area contributed by atoms with Crippen LogP contribution < -0.4 is 15.2 Å². The number of halogens is 1. The first-order chi connectivity index (χ1) is 8.17. The van der Waals surface area contributed by atoms with Gasteiger partial charge in [0.1, 0.15) is 3.57 Å². The standard InChI is InChI=1S/C11H11IN2O3/c1-15-7-4-3-6(5-8(7)16-2)10-9(12)11(13)14-17-10/h3-5H,1-2H3,(H2,13,14). The average molecular weight is 346 g/mol. The van der Waals surface area contributed by atoms with E-state index in [-0.39, 0.29) is 0 Å². The number of rotatable bonds is 3. The third kappa shape index (κ3) is 2.17. The predicted molar refractivity (Wildman–Crippen MR) is 72.2 cm³/mol. The Morgan fingerprint density at radius 3 is 2.47 bits per heavy atom. The Bertz CT molecular complexity index is 540. The average Bonchev–Trinajstić information content (AvgIpc) is 2.69. The van der Waals surface area contributed by atoms with Gasteiger partial charge in [-0.1, -0.05) is 5.16 Å². The Morgan fingerprint density at radius 2 is 1.94 bits per heavy atom. The quantitative estimate of drug-likeness (QED) is 0.865. The van der Waals surface area contributed by atoms with Crippen LogP contribution in [0.3, 0.4) is 0 Å². The number of anilines is 1. The van der Waals surface area contributed by atoms with Gasteiger partial charge >= 0.3 is 0 Å². The number of hydrogen-bond donors (Lipinski definition) is 1. The second kappa shape index (κ2) is 4.82. The van der Waals surface area contributed by atoms with Crippen molar-refractivity contribution in [3.63, 3.8) is 0 Å². The third-order valence-corrected chi connectivity index (χ3v) is 3.35. The van der Waals surface area contributed by atoms with Crippen molar-refractivity contribution in [2.24, 2.45) is 0 Å². The fraction of sp³-hybridized carbons (Fsp3) is 0.182. The van der Waals surface area contributed by atoms with Gasteiger partial charge in [-0.05, 0) is 40.8 Å². The number of nitrogens with two attached hydrogens (primary N) is 1. The molecule has 17 heavy (non-hydrogen) atoms. The molecule has 1 aromatic heterocycles. The SMILES string of the molecule is COc1ccc(-c2onc(N)c2I)cc1OC. The molecule has 5 nitrogen and oxygen atoms in total. The summed E-state index contributed by atoms with van der Waals surface area (Å²) >= 11 is 2.09. The molecular formula is C11H11IN2O3. The highest BCUT2D eigenvalue weighted by molar-refractivity contribution is 14.1. The molecule has 6 heteroatoms. The minimum Gasteiger partial charge on any atom is -0.493 e. The van der Waals surface area contributed by atoms with Crippen molar-refractivity contribution in [2.45, 2.75) is 0 Å². The fourth-order valence-corrected chi connectivity index (χ4v) is 1.96. The number of methoxy groups -OCH3 is 2. The largest absolute Gasteiger partial charge is 0.493 e. The summed E-state index contributed by atoms with van der Waals surface area (Å²) in [5.41, 5.74) is 6.48. The summed E-state index contributed by atoms with van der Waals surface area (Å²) in [6, 6.07) is 5.49. The van der Waals surface area contributed by atoms with E-state index in [1.54, 1.807) is 14.2 Å². The number of hydrogen-bond acceptors (Lipinski definition) is 5. The number of nitrogens with zero attached hydrogens (tertiary/aromatic N) is 1. The van der Waals surface area contributed by atoms with Crippen LogP contribution in [0.4, 0.5) is 5.82 Å². The van der Waals surface area contributed by atoms with Gasteiger partial charge in [0, 0.05) is 5.56 Å². The zero-order chi connectivity index (χ0) is 12.4. The molecule has 0 aliphatic carbocycles. The maximum absolute atomic E-state index is 5.64. The van der Waals surface area contributed by atoms with Gasteiger partial charge in [0.15, 0.2) is 23.1 Å². The van der Waals surface area contributed by atoms with Crippen LogP contribution >= 0.6 is 22.6 Å². The number of benzene rings is 1. The molecule has 0 unspecified atom stereocenters. The minimum absolute atomic E-state index is 0.385. The monoisotopic (exact) mass is 346 g/mol. The predicted octanol–water partition coefficient (Wildman–Crippen LogP) is 2.55. The lowest BCUT2D eigenvalue weighted by molar-refractivity contribution is 0.355. The van der Waals surface area contributed by atoms with Crippen LogP contribution in [-0.4, -0.2) is 19.4 Å². The van der Waals surface area contributed by atoms with Gasteiger partial charge in [0.2, 0.25) is 0 Å².